The Morgan fingerprint density at radius 3 is 2.77 bits per heavy atom. The summed E-state index contributed by atoms with van der Waals surface area (Å²) in [5, 5.41) is 0. The number of allylic oxidation sites excluding steroid dienone is 2. The van der Waals surface area contributed by atoms with Crippen molar-refractivity contribution in [2.75, 3.05) is 6.61 Å². The Balaban J connectivity index is 3.08. The first-order chi connectivity index (χ1) is 6.31. The first-order valence-electron chi connectivity index (χ1n) is 4.71. The summed E-state index contributed by atoms with van der Waals surface area (Å²) in [6.45, 7) is 5.85. The molecule has 0 aliphatic carbocycles. The number of unbranched alkanes of at least 4 members (excludes halogenated alkanes) is 3. The van der Waals surface area contributed by atoms with Crippen molar-refractivity contribution >= 4 is 5.97 Å². The Morgan fingerprint density at radius 1 is 1.38 bits per heavy atom. The van der Waals surface area contributed by atoms with Crippen molar-refractivity contribution in [3.63, 3.8) is 0 Å². The highest BCUT2D eigenvalue weighted by molar-refractivity contribution is 5.81. The van der Waals surface area contributed by atoms with E-state index in [0.29, 0.717) is 6.61 Å². The number of ether oxygens (including phenoxy) is 1. The first kappa shape index (κ1) is 11.9. The number of esters is 1. The van der Waals surface area contributed by atoms with Crippen molar-refractivity contribution in [1.82, 2.24) is 0 Å². The minimum atomic E-state index is -0.326. The molecule has 0 spiro atoms. The van der Waals surface area contributed by atoms with E-state index in [4.69, 9.17) is 4.74 Å². The zero-order chi connectivity index (χ0) is 9.94. The lowest BCUT2D eigenvalue weighted by Gasteiger charge is -2.00. The largest absolute Gasteiger partial charge is 0.463 e. The van der Waals surface area contributed by atoms with E-state index in [0.717, 1.165) is 25.7 Å². The van der Waals surface area contributed by atoms with Crippen molar-refractivity contribution in [3.05, 3.63) is 24.8 Å². The van der Waals surface area contributed by atoms with Gasteiger partial charge in [-0.05, 0) is 32.6 Å². The minimum absolute atomic E-state index is 0.326. The van der Waals surface area contributed by atoms with Crippen LogP contribution >= 0.6 is 0 Å². The van der Waals surface area contributed by atoms with E-state index in [2.05, 4.69) is 18.7 Å². The third kappa shape index (κ3) is 8.86. The normalized spacial score (nSPS) is 10.2. The van der Waals surface area contributed by atoms with Gasteiger partial charge in [-0.3, -0.25) is 0 Å². The summed E-state index contributed by atoms with van der Waals surface area (Å²) in [5.41, 5.74) is 0. The lowest BCUT2D eigenvalue weighted by Crippen LogP contribution is -2.01. The van der Waals surface area contributed by atoms with E-state index in [1.54, 1.807) is 0 Å². The van der Waals surface area contributed by atoms with Crippen LogP contribution in [0.1, 0.15) is 32.6 Å². The molecule has 0 aromatic rings. The Labute approximate surface area is 80.3 Å². The molecule has 0 radical (unpaired) electrons. The molecule has 0 saturated carbocycles. The minimum Gasteiger partial charge on any atom is -0.463 e. The van der Waals surface area contributed by atoms with Crippen LogP contribution in [-0.2, 0) is 9.53 Å². The molecule has 0 aliphatic heterocycles. The second kappa shape index (κ2) is 9.04. The van der Waals surface area contributed by atoms with E-state index in [1.807, 2.05) is 6.92 Å². The van der Waals surface area contributed by atoms with E-state index in [1.165, 1.54) is 6.08 Å². The van der Waals surface area contributed by atoms with Gasteiger partial charge in [-0.15, -0.1) is 0 Å². The molecule has 74 valence electrons. The van der Waals surface area contributed by atoms with Crippen LogP contribution in [-0.4, -0.2) is 12.6 Å². The van der Waals surface area contributed by atoms with Crippen LogP contribution in [0.15, 0.2) is 24.8 Å². The maximum atomic E-state index is 10.6. The van der Waals surface area contributed by atoms with E-state index < -0.39 is 0 Å². The van der Waals surface area contributed by atoms with Crippen LogP contribution in [0.4, 0.5) is 0 Å². The summed E-state index contributed by atoms with van der Waals surface area (Å²) in [7, 11) is 0. The molecular formula is C11H18O2. The second-order valence-electron chi connectivity index (χ2n) is 2.79. The van der Waals surface area contributed by atoms with Gasteiger partial charge in [0.15, 0.2) is 0 Å². The van der Waals surface area contributed by atoms with E-state index in [-0.39, 0.29) is 5.97 Å². The highest BCUT2D eigenvalue weighted by Crippen LogP contribution is 2.00. The van der Waals surface area contributed by atoms with Gasteiger partial charge in [0.2, 0.25) is 0 Å². The van der Waals surface area contributed by atoms with Crippen molar-refractivity contribution < 1.29 is 9.53 Å². The molecule has 0 heterocycles. The molecule has 0 unspecified atom stereocenters. The predicted molar refractivity (Wildman–Crippen MR) is 54.4 cm³/mol. The van der Waals surface area contributed by atoms with Gasteiger partial charge >= 0.3 is 5.97 Å². The van der Waals surface area contributed by atoms with Gasteiger partial charge < -0.3 is 4.74 Å². The summed E-state index contributed by atoms with van der Waals surface area (Å²) in [5.74, 6) is -0.326. The van der Waals surface area contributed by atoms with Crippen LogP contribution in [0.25, 0.3) is 0 Å². The summed E-state index contributed by atoms with van der Waals surface area (Å²) < 4.78 is 4.82. The molecule has 0 rings (SSSR count). The molecule has 0 aromatic carbocycles. The average Bonchev–Trinajstić information content (AvgIpc) is 2.16. The van der Waals surface area contributed by atoms with E-state index in [9.17, 15) is 4.79 Å². The number of rotatable bonds is 7. The molecular weight excluding hydrogens is 164 g/mol. The van der Waals surface area contributed by atoms with Gasteiger partial charge in [-0.2, -0.15) is 0 Å². The third-order valence-corrected chi connectivity index (χ3v) is 1.66. The molecule has 2 nitrogen and oxygen atoms in total. The number of hydrogen-bond acceptors (Lipinski definition) is 2. The first-order valence-corrected chi connectivity index (χ1v) is 4.71. The van der Waals surface area contributed by atoms with Crippen molar-refractivity contribution in [3.8, 4) is 0 Å². The SMILES string of the molecule is C=CC(=O)OCCCCC/C=C/C. The molecule has 0 saturated heterocycles. The van der Waals surface area contributed by atoms with Crippen LogP contribution in [0.5, 0.6) is 0 Å². The van der Waals surface area contributed by atoms with Gasteiger partial charge in [0, 0.05) is 6.08 Å². The topological polar surface area (TPSA) is 26.3 Å². The van der Waals surface area contributed by atoms with Crippen LogP contribution in [0.2, 0.25) is 0 Å². The molecule has 0 N–H and O–H groups in total. The molecule has 2 heteroatoms. The van der Waals surface area contributed by atoms with Crippen molar-refractivity contribution in [2.45, 2.75) is 32.6 Å². The molecule has 0 bridgehead atoms. The lowest BCUT2D eigenvalue weighted by molar-refractivity contribution is -0.137. The predicted octanol–water partition coefficient (Wildman–Crippen LogP) is 2.85. The van der Waals surface area contributed by atoms with Gasteiger partial charge in [-0.1, -0.05) is 18.7 Å². The van der Waals surface area contributed by atoms with Gasteiger partial charge in [0.05, 0.1) is 6.61 Å². The van der Waals surface area contributed by atoms with Crippen LogP contribution in [0.3, 0.4) is 0 Å². The number of carbonyl (C=O) groups is 1. The average molecular weight is 182 g/mol. The maximum Gasteiger partial charge on any atom is 0.330 e. The highest BCUT2D eigenvalue weighted by atomic mass is 16.5. The number of carbonyl (C=O) groups excluding carboxylic acids is 1. The standard InChI is InChI=1S/C11H18O2/c1-3-5-6-7-8-9-10-13-11(12)4-2/h3-5H,2,6-10H2,1H3/b5-3+. The quantitative estimate of drug-likeness (QED) is 0.262. The molecule has 0 aliphatic rings. The zero-order valence-electron chi connectivity index (χ0n) is 8.29. The van der Waals surface area contributed by atoms with Crippen molar-refractivity contribution in [1.29, 1.82) is 0 Å². The van der Waals surface area contributed by atoms with Crippen molar-refractivity contribution in [2.24, 2.45) is 0 Å². The lowest BCUT2D eigenvalue weighted by atomic mass is 10.2. The molecule has 0 atom stereocenters. The smallest absolute Gasteiger partial charge is 0.330 e. The highest BCUT2D eigenvalue weighted by Gasteiger charge is 1.93. The van der Waals surface area contributed by atoms with Crippen LogP contribution in [0, 0.1) is 0 Å². The van der Waals surface area contributed by atoms with Crippen LogP contribution < -0.4 is 0 Å². The fraction of sp³-hybridized carbons (Fsp3) is 0.545. The third-order valence-electron chi connectivity index (χ3n) is 1.66. The molecule has 0 aromatic heterocycles. The fourth-order valence-corrected chi connectivity index (χ4v) is 0.939. The molecule has 0 amide bonds. The summed E-state index contributed by atoms with van der Waals surface area (Å²) in [4.78, 5) is 10.6. The van der Waals surface area contributed by atoms with Gasteiger partial charge in [0.25, 0.3) is 0 Å². The summed E-state index contributed by atoms with van der Waals surface area (Å²) >= 11 is 0. The maximum absolute atomic E-state index is 10.6. The van der Waals surface area contributed by atoms with Gasteiger partial charge in [-0.25, -0.2) is 4.79 Å². The summed E-state index contributed by atoms with van der Waals surface area (Å²) in [6, 6.07) is 0. The number of hydrogen-bond donors (Lipinski definition) is 0. The molecule has 0 fully saturated rings. The van der Waals surface area contributed by atoms with E-state index >= 15 is 0 Å². The zero-order valence-corrected chi connectivity index (χ0v) is 8.29. The Kier molecular flexibility index (Phi) is 8.31. The Hall–Kier alpha value is -1.05. The second-order valence-corrected chi connectivity index (χ2v) is 2.79. The fourth-order valence-electron chi connectivity index (χ4n) is 0.939. The van der Waals surface area contributed by atoms with Gasteiger partial charge in [0.1, 0.15) is 0 Å². The Bertz CT molecular complexity index is 171. The summed E-state index contributed by atoms with van der Waals surface area (Å²) in [6.07, 6.45) is 9.72. The Morgan fingerprint density at radius 2 is 2.15 bits per heavy atom. The molecule has 13 heavy (non-hydrogen) atoms. The monoisotopic (exact) mass is 182 g/mol.